The van der Waals surface area contributed by atoms with Crippen LogP contribution in [0.1, 0.15) is 40.5 Å². The fourth-order valence-electron chi connectivity index (χ4n) is 3.11. The molecule has 110 valence electrons. The van der Waals surface area contributed by atoms with Crippen LogP contribution in [0, 0.1) is 5.92 Å². The number of aliphatic hydroxyl groups excluding tert-OH is 1. The zero-order valence-electron chi connectivity index (χ0n) is 12.3. The molecule has 5 nitrogen and oxygen atoms in total. The number of rotatable bonds is 1. The van der Waals surface area contributed by atoms with Gasteiger partial charge in [0.05, 0.1) is 6.10 Å². The van der Waals surface area contributed by atoms with Crippen LogP contribution in [0.4, 0.5) is 4.79 Å². The second-order valence-corrected chi connectivity index (χ2v) is 6.80. The molecule has 0 saturated carbocycles. The van der Waals surface area contributed by atoms with Crippen LogP contribution in [0.25, 0.3) is 0 Å². The summed E-state index contributed by atoms with van der Waals surface area (Å²) in [5.41, 5.74) is -0.459. The summed E-state index contributed by atoms with van der Waals surface area (Å²) >= 11 is 0. The maximum Gasteiger partial charge on any atom is 0.410 e. The van der Waals surface area contributed by atoms with Gasteiger partial charge in [0.1, 0.15) is 5.60 Å². The molecule has 3 rings (SSSR count). The molecule has 3 heterocycles. The van der Waals surface area contributed by atoms with Crippen molar-refractivity contribution in [2.75, 3.05) is 13.1 Å². The van der Waals surface area contributed by atoms with E-state index >= 15 is 0 Å². The fraction of sp³-hybridized carbons (Fsp3) is 0.929. The van der Waals surface area contributed by atoms with Gasteiger partial charge in [0, 0.05) is 25.2 Å². The highest BCUT2D eigenvalue weighted by atomic mass is 16.6. The molecule has 19 heavy (non-hydrogen) atoms. The predicted octanol–water partition coefficient (Wildman–Crippen LogP) is 1.35. The maximum absolute atomic E-state index is 12.2. The van der Waals surface area contributed by atoms with E-state index in [0.717, 1.165) is 19.4 Å². The fourth-order valence-corrected chi connectivity index (χ4v) is 3.11. The Morgan fingerprint density at radius 2 is 2.11 bits per heavy atom. The van der Waals surface area contributed by atoms with E-state index in [-0.39, 0.29) is 24.3 Å². The van der Waals surface area contributed by atoms with Crippen molar-refractivity contribution < 1.29 is 14.6 Å². The van der Waals surface area contributed by atoms with Gasteiger partial charge in [-0.15, -0.1) is 0 Å². The quantitative estimate of drug-likeness (QED) is 0.755. The third-order valence-corrected chi connectivity index (χ3v) is 3.99. The Bertz CT molecular complexity index is 338. The molecular weight excluding hydrogens is 244 g/mol. The molecule has 0 aliphatic carbocycles. The average molecular weight is 270 g/mol. The zero-order chi connectivity index (χ0) is 14.2. The highest BCUT2D eigenvalue weighted by Gasteiger charge is 2.41. The summed E-state index contributed by atoms with van der Waals surface area (Å²) in [5, 5.41) is 13.2. The first-order valence-corrected chi connectivity index (χ1v) is 7.19. The van der Waals surface area contributed by atoms with Gasteiger partial charge < -0.3 is 20.1 Å². The van der Waals surface area contributed by atoms with Gasteiger partial charge in [-0.1, -0.05) is 0 Å². The second kappa shape index (κ2) is 5.29. The van der Waals surface area contributed by atoms with E-state index < -0.39 is 5.60 Å². The van der Waals surface area contributed by atoms with Crippen molar-refractivity contribution in [1.29, 1.82) is 0 Å². The van der Waals surface area contributed by atoms with Crippen LogP contribution in [-0.2, 0) is 4.74 Å². The largest absolute Gasteiger partial charge is 0.444 e. The van der Waals surface area contributed by atoms with Crippen LogP contribution in [0.2, 0.25) is 0 Å². The maximum atomic E-state index is 12.2. The Morgan fingerprint density at radius 1 is 1.42 bits per heavy atom. The topological polar surface area (TPSA) is 61.8 Å². The van der Waals surface area contributed by atoms with Crippen molar-refractivity contribution in [3.05, 3.63) is 0 Å². The summed E-state index contributed by atoms with van der Waals surface area (Å²) in [4.78, 5) is 14.1. The van der Waals surface area contributed by atoms with Crippen LogP contribution in [0.15, 0.2) is 0 Å². The Balaban J connectivity index is 2.07. The first-order chi connectivity index (χ1) is 8.78. The van der Waals surface area contributed by atoms with Gasteiger partial charge in [0.25, 0.3) is 0 Å². The number of hydrogen-bond donors (Lipinski definition) is 2. The van der Waals surface area contributed by atoms with E-state index in [0.29, 0.717) is 12.5 Å². The van der Waals surface area contributed by atoms with Gasteiger partial charge in [-0.3, -0.25) is 0 Å². The highest BCUT2D eigenvalue weighted by molar-refractivity contribution is 5.68. The molecule has 0 aromatic carbocycles. The first kappa shape index (κ1) is 14.6. The minimum Gasteiger partial charge on any atom is -0.444 e. The minimum absolute atomic E-state index is 0.0810. The van der Waals surface area contributed by atoms with Gasteiger partial charge in [-0.2, -0.15) is 0 Å². The number of hydrogen-bond acceptors (Lipinski definition) is 4. The number of carbonyl (C=O) groups is 1. The number of amides is 1. The lowest BCUT2D eigenvalue weighted by molar-refractivity contribution is 0.00463. The molecule has 0 aromatic rings. The number of piperidine rings is 1. The Labute approximate surface area is 115 Å². The molecule has 4 atom stereocenters. The number of nitrogens with zero attached hydrogens (tertiary/aromatic N) is 1. The van der Waals surface area contributed by atoms with Crippen LogP contribution in [-0.4, -0.2) is 53.0 Å². The van der Waals surface area contributed by atoms with E-state index in [1.807, 2.05) is 32.6 Å². The third-order valence-electron chi connectivity index (χ3n) is 3.99. The molecule has 0 spiro atoms. The first-order valence-electron chi connectivity index (χ1n) is 7.19. The van der Waals surface area contributed by atoms with Crippen molar-refractivity contribution in [2.45, 2.75) is 64.3 Å². The number of carbonyl (C=O) groups excluding carboxylic acids is 1. The third kappa shape index (κ3) is 3.39. The number of aliphatic hydroxyl groups is 1. The summed E-state index contributed by atoms with van der Waals surface area (Å²) in [6.45, 7) is 8.90. The van der Waals surface area contributed by atoms with Crippen molar-refractivity contribution >= 4 is 6.09 Å². The predicted molar refractivity (Wildman–Crippen MR) is 72.9 cm³/mol. The lowest BCUT2D eigenvalue weighted by atomic mass is 9.88. The molecule has 3 fully saturated rings. The second-order valence-electron chi connectivity index (χ2n) is 6.80. The van der Waals surface area contributed by atoms with Gasteiger partial charge in [-0.25, -0.2) is 4.79 Å². The number of ether oxygens (including phenoxy) is 1. The zero-order valence-corrected chi connectivity index (χ0v) is 12.3. The molecule has 0 aromatic heterocycles. The monoisotopic (exact) mass is 270 g/mol. The molecule has 3 saturated heterocycles. The van der Waals surface area contributed by atoms with Crippen molar-refractivity contribution in [2.24, 2.45) is 5.92 Å². The minimum atomic E-state index is -0.459. The molecule has 3 aliphatic rings. The van der Waals surface area contributed by atoms with E-state index in [9.17, 15) is 9.90 Å². The summed E-state index contributed by atoms with van der Waals surface area (Å²) < 4.78 is 5.48. The number of nitrogens with one attached hydrogen (secondary N) is 1. The highest BCUT2D eigenvalue weighted by Crippen LogP contribution is 2.30. The van der Waals surface area contributed by atoms with Gasteiger partial charge in [0.15, 0.2) is 0 Å². The molecule has 3 aliphatic heterocycles. The van der Waals surface area contributed by atoms with Crippen molar-refractivity contribution in [3.63, 3.8) is 0 Å². The Kier molecular flexibility index (Phi) is 4.06. The molecule has 0 unspecified atom stereocenters. The van der Waals surface area contributed by atoms with Gasteiger partial charge in [0.2, 0.25) is 0 Å². The lowest BCUT2D eigenvalue weighted by Gasteiger charge is -2.38. The molecular formula is C14H26N2O3. The van der Waals surface area contributed by atoms with Gasteiger partial charge in [-0.05, 0) is 46.5 Å². The van der Waals surface area contributed by atoms with Crippen molar-refractivity contribution in [1.82, 2.24) is 10.2 Å². The van der Waals surface area contributed by atoms with Crippen LogP contribution < -0.4 is 5.32 Å². The normalized spacial score (nSPS) is 32.9. The summed E-state index contributed by atoms with van der Waals surface area (Å²) in [5.74, 6) is 0.311. The van der Waals surface area contributed by atoms with E-state index in [1.165, 1.54) is 0 Å². The lowest BCUT2D eigenvalue weighted by Crippen LogP contribution is -2.49. The molecule has 2 N–H and O–H groups in total. The molecule has 0 radical (unpaired) electrons. The van der Waals surface area contributed by atoms with E-state index in [1.54, 1.807) is 0 Å². The summed E-state index contributed by atoms with van der Waals surface area (Å²) in [6, 6.07) is 0.271. The van der Waals surface area contributed by atoms with Gasteiger partial charge >= 0.3 is 6.09 Å². The molecule has 1 amide bonds. The van der Waals surface area contributed by atoms with Crippen LogP contribution in [0.5, 0.6) is 0 Å². The average Bonchev–Trinajstić information content (AvgIpc) is 2.57. The smallest absolute Gasteiger partial charge is 0.410 e. The summed E-state index contributed by atoms with van der Waals surface area (Å²) in [6.07, 6.45) is 1.43. The standard InChI is InChI=1S/C14H26N2O3/c1-9(17)12-10-5-6-11(7-15-12)16(8-10)13(18)19-14(2,3)4/h9-12,15,17H,5-8H2,1-4H3/t9-,10+,11+,12+/m0/s1. The van der Waals surface area contributed by atoms with Crippen LogP contribution in [0.3, 0.4) is 0 Å². The Hall–Kier alpha value is -0.810. The summed E-state index contributed by atoms with van der Waals surface area (Å²) in [7, 11) is 0. The Morgan fingerprint density at radius 3 is 2.68 bits per heavy atom. The van der Waals surface area contributed by atoms with E-state index in [4.69, 9.17) is 4.74 Å². The van der Waals surface area contributed by atoms with E-state index in [2.05, 4.69) is 5.32 Å². The molecule has 5 heteroatoms. The number of fused-ring (bicyclic) bond motifs is 4. The molecule has 2 bridgehead atoms. The van der Waals surface area contributed by atoms with Crippen molar-refractivity contribution in [3.8, 4) is 0 Å². The van der Waals surface area contributed by atoms with Crippen LogP contribution >= 0.6 is 0 Å². The SMILES string of the molecule is C[C@H](O)[C@H]1NC[C@H]2CC[C@@H]1CN2C(=O)OC(C)(C)C.